The molecule has 2 heteroatoms. The Morgan fingerprint density at radius 2 is 1.75 bits per heavy atom. The number of hydrogen-bond acceptors (Lipinski definition) is 1. The highest BCUT2D eigenvalue weighted by Crippen LogP contribution is 2.16. The molecule has 0 aliphatic rings. The van der Waals surface area contributed by atoms with E-state index in [1.165, 1.54) is 10.8 Å². The van der Waals surface area contributed by atoms with E-state index in [0.717, 1.165) is 11.8 Å². The van der Waals surface area contributed by atoms with E-state index in [1.54, 1.807) is 7.11 Å². The first-order chi connectivity index (χ1) is 9.62. The van der Waals surface area contributed by atoms with Gasteiger partial charge in [-0.3, -0.25) is 0 Å². The van der Waals surface area contributed by atoms with Gasteiger partial charge in [0.05, 0.1) is 15.2 Å². The van der Waals surface area contributed by atoms with Crippen LogP contribution >= 0.6 is 0 Å². The summed E-state index contributed by atoms with van der Waals surface area (Å²) in [7, 11) is 0.329. The monoisotopic (exact) mass is 282 g/mol. The molecule has 2 aromatic carbocycles. The molecule has 0 saturated carbocycles. The normalized spacial score (nSPS) is 11.8. The first kappa shape index (κ1) is 14.6. The molecule has 0 aromatic heterocycles. The van der Waals surface area contributed by atoms with Gasteiger partial charge in [0.2, 0.25) is 0 Å². The minimum Gasteiger partial charge on any atom is -0.497 e. The number of allylic oxidation sites excluding steroid dienone is 1. The maximum absolute atomic E-state index is 5.25. The summed E-state index contributed by atoms with van der Waals surface area (Å²) in [6.45, 7) is 4.83. The summed E-state index contributed by atoms with van der Waals surface area (Å²) in [6, 6.07) is 20.2. The largest absolute Gasteiger partial charge is 0.497 e. The zero-order valence-corrected chi connectivity index (χ0v) is 13.5. The summed E-state index contributed by atoms with van der Waals surface area (Å²) in [5.41, 5.74) is 1.20. The number of rotatable bonds is 5. The first-order valence-corrected chi connectivity index (χ1v) is 10.2. The van der Waals surface area contributed by atoms with Crippen molar-refractivity contribution < 1.29 is 4.74 Å². The summed E-state index contributed by atoms with van der Waals surface area (Å²) in [4.78, 5) is 0. The number of benzene rings is 2. The fraction of sp³-hybridized carbons (Fsp3) is 0.222. The van der Waals surface area contributed by atoms with Crippen molar-refractivity contribution in [1.82, 2.24) is 0 Å². The topological polar surface area (TPSA) is 9.23 Å². The lowest BCUT2D eigenvalue weighted by atomic mass is 10.2. The van der Waals surface area contributed by atoms with Gasteiger partial charge < -0.3 is 4.74 Å². The van der Waals surface area contributed by atoms with Crippen LogP contribution in [0, 0.1) is 0 Å². The molecule has 0 spiro atoms. The van der Waals surface area contributed by atoms with Crippen LogP contribution in [-0.4, -0.2) is 15.2 Å². The number of methoxy groups -OCH3 is 1. The number of hydrogen-bond donors (Lipinski definition) is 0. The lowest BCUT2D eigenvalue weighted by Crippen LogP contribution is -2.40. The predicted octanol–water partition coefficient (Wildman–Crippen LogP) is 4.32. The van der Waals surface area contributed by atoms with E-state index in [0.29, 0.717) is 0 Å². The molecule has 0 atom stereocenters. The second-order valence-electron chi connectivity index (χ2n) is 5.63. The van der Waals surface area contributed by atoms with Crippen molar-refractivity contribution in [3.05, 3.63) is 66.2 Å². The van der Waals surface area contributed by atoms with Crippen molar-refractivity contribution in [2.45, 2.75) is 19.1 Å². The van der Waals surface area contributed by atoms with Gasteiger partial charge in [-0.05, 0) is 23.7 Å². The summed E-state index contributed by atoms with van der Waals surface area (Å²) >= 11 is 0. The minimum atomic E-state index is -1.37. The Morgan fingerprint density at radius 3 is 2.45 bits per heavy atom. The van der Waals surface area contributed by atoms with E-state index in [1.807, 2.05) is 12.1 Å². The molecular weight excluding hydrogens is 260 g/mol. The van der Waals surface area contributed by atoms with Crippen LogP contribution in [0.4, 0.5) is 0 Å². The summed E-state index contributed by atoms with van der Waals surface area (Å²) < 4.78 is 5.25. The van der Waals surface area contributed by atoms with Gasteiger partial charge in [-0.2, -0.15) is 0 Å². The van der Waals surface area contributed by atoms with Crippen LogP contribution in [0.5, 0.6) is 5.75 Å². The molecular formula is C18H22OSi. The van der Waals surface area contributed by atoms with Gasteiger partial charge in [0.1, 0.15) is 5.75 Å². The highest BCUT2D eigenvalue weighted by molar-refractivity contribution is 6.90. The van der Waals surface area contributed by atoms with Gasteiger partial charge in [0.25, 0.3) is 0 Å². The second-order valence-corrected chi connectivity index (χ2v) is 10.4. The molecule has 2 rings (SSSR count). The Kier molecular flexibility index (Phi) is 4.80. The van der Waals surface area contributed by atoms with Gasteiger partial charge in [0.15, 0.2) is 0 Å². The van der Waals surface area contributed by atoms with Crippen LogP contribution in [-0.2, 0) is 0 Å². The maximum atomic E-state index is 5.25. The van der Waals surface area contributed by atoms with Crippen LogP contribution in [0.2, 0.25) is 19.1 Å². The van der Waals surface area contributed by atoms with Crippen molar-refractivity contribution in [3.8, 4) is 5.75 Å². The highest BCUT2D eigenvalue weighted by Gasteiger charge is 2.20. The number of ether oxygens (including phenoxy) is 1. The van der Waals surface area contributed by atoms with Gasteiger partial charge in [-0.25, -0.2) is 0 Å². The third kappa shape index (κ3) is 3.84. The Morgan fingerprint density at radius 1 is 1.00 bits per heavy atom. The van der Waals surface area contributed by atoms with E-state index >= 15 is 0 Å². The zero-order valence-electron chi connectivity index (χ0n) is 12.5. The molecule has 2 aromatic rings. The lowest BCUT2D eigenvalue weighted by molar-refractivity contribution is 0.414. The average Bonchev–Trinajstić information content (AvgIpc) is 2.48. The maximum Gasteiger partial charge on any atom is 0.119 e. The van der Waals surface area contributed by atoms with E-state index in [9.17, 15) is 0 Å². The van der Waals surface area contributed by atoms with Crippen LogP contribution in [0.1, 0.15) is 5.56 Å². The van der Waals surface area contributed by atoms with E-state index in [-0.39, 0.29) is 0 Å². The molecule has 0 aliphatic heterocycles. The molecule has 0 N–H and O–H groups in total. The predicted molar refractivity (Wildman–Crippen MR) is 90.4 cm³/mol. The third-order valence-corrected chi connectivity index (χ3v) is 6.74. The lowest BCUT2D eigenvalue weighted by Gasteiger charge is -2.20. The highest BCUT2D eigenvalue weighted by atomic mass is 28.3. The van der Waals surface area contributed by atoms with Crippen molar-refractivity contribution in [2.75, 3.05) is 7.11 Å². The van der Waals surface area contributed by atoms with E-state index < -0.39 is 8.07 Å². The van der Waals surface area contributed by atoms with Gasteiger partial charge >= 0.3 is 0 Å². The SMILES string of the molecule is COc1cccc(/C=C/C[Si](C)(C)c2ccccc2)c1. The van der Waals surface area contributed by atoms with Crippen LogP contribution in [0.15, 0.2) is 60.7 Å². The molecule has 0 heterocycles. The quantitative estimate of drug-likeness (QED) is 0.742. The van der Waals surface area contributed by atoms with Gasteiger partial charge in [-0.1, -0.05) is 72.9 Å². The van der Waals surface area contributed by atoms with Gasteiger partial charge in [0, 0.05) is 0 Å². The fourth-order valence-electron chi connectivity index (χ4n) is 2.24. The van der Waals surface area contributed by atoms with Gasteiger partial charge in [-0.15, -0.1) is 0 Å². The molecule has 1 nitrogen and oxygen atoms in total. The van der Waals surface area contributed by atoms with Crippen LogP contribution < -0.4 is 9.92 Å². The van der Waals surface area contributed by atoms with Crippen molar-refractivity contribution >= 4 is 19.3 Å². The third-order valence-electron chi connectivity index (χ3n) is 3.59. The molecule has 0 amide bonds. The molecule has 20 heavy (non-hydrogen) atoms. The first-order valence-electron chi connectivity index (χ1n) is 6.98. The smallest absolute Gasteiger partial charge is 0.119 e. The van der Waals surface area contributed by atoms with Crippen molar-refractivity contribution in [3.63, 3.8) is 0 Å². The molecule has 0 aliphatic carbocycles. The summed E-state index contributed by atoms with van der Waals surface area (Å²) in [6.07, 6.45) is 4.49. The Labute approximate surface area is 122 Å². The van der Waals surface area contributed by atoms with E-state index in [4.69, 9.17) is 4.74 Å². The van der Waals surface area contributed by atoms with Crippen molar-refractivity contribution in [1.29, 1.82) is 0 Å². The summed E-state index contributed by atoms with van der Waals surface area (Å²) in [5, 5.41) is 1.51. The fourth-order valence-corrected chi connectivity index (χ4v) is 4.28. The standard InChI is InChI=1S/C18H22OSi/c1-19-17-11-7-9-16(15-17)10-8-14-20(2,3)18-12-5-4-6-13-18/h4-13,15H,14H2,1-3H3/b10-8+. The van der Waals surface area contributed by atoms with Crippen molar-refractivity contribution in [2.24, 2.45) is 0 Å². The molecule has 104 valence electrons. The van der Waals surface area contributed by atoms with Crippen LogP contribution in [0.3, 0.4) is 0 Å². The van der Waals surface area contributed by atoms with Crippen LogP contribution in [0.25, 0.3) is 6.08 Å². The Balaban J connectivity index is 2.05. The zero-order chi connectivity index (χ0) is 14.4. The molecule has 0 saturated heterocycles. The molecule has 0 bridgehead atoms. The summed E-state index contributed by atoms with van der Waals surface area (Å²) in [5.74, 6) is 0.909. The minimum absolute atomic E-state index is 0.909. The Hall–Kier alpha value is -1.80. The molecule has 0 radical (unpaired) electrons. The van der Waals surface area contributed by atoms with E-state index in [2.05, 4.69) is 67.7 Å². The molecule has 0 unspecified atom stereocenters. The second kappa shape index (κ2) is 6.57. The average molecular weight is 282 g/mol. The Bertz CT molecular complexity index is 573. The molecule has 0 fully saturated rings.